The van der Waals surface area contributed by atoms with Gasteiger partial charge in [0.1, 0.15) is 41.1 Å². The molecule has 0 spiro atoms. The molecule has 2 aliphatic heterocycles. The Morgan fingerprint density at radius 1 is 0.931 bits per heavy atom. The van der Waals surface area contributed by atoms with Crippen molar-refractivity contribution < 1.29 is 44.8 Å². The van der Waals surface area contributed by atoms with E-state index in [4.69, 9.17) is 9.47 Å². The van der Waals surface area contributed by atoms with E-state index in [-0.39, 0.29) is 29.6 Å². The van der Waals surface area contributed by atoms with Crippen LogP contribution < -0.4 is 0 Å². The highest BCUT2D eigenvalue weighted by Gasteiger charge is 2.42. The molecule has 2 aliphatic rings. The molecule has 4 rings (SSSR count). The zero-order valence-electron chi connectivity index (χ0n) is 15.1. The second-order valence-electron chi connectivity index (χ2n) is 6.94. The van der Waals surface area contributed by atoms with Crippen LogP contribution in [0.2, 0.25) is 0 Å². The highest BCUT2D eigenvalue weighted by molar-refractivity contribution is 5.69. The van der Waals surface area contributed by atoms with Crippen molar-refractivity contribution in [3.8, 4) is 23.0 Å². The van der Waals surface area contributed by atoms with E-state index in [0.717, 1.165) is 6.07 Å². The van der Waals surface area contributed by atoms with Crippen molar-refractivity contribution in [2.45, 2.75) is 30.7 Å². The Kier molecular flexibility index (Phi) is 4.97. The first kappa shape index (κ1) is 19.3. The largest absolute Gasteiger partial charge is 0.571 e. The van der Waals surface area contributed by atoms with Gasteiger partial charge in [0.2, 0.25) is 6.29 Å². The maximum atomic E-state index is 10.2. The lowest BCUT2D eigenvalue weighted by Gasteiger charge is -2.36. The fraction of sp³-hybridized carbons (Fsp3) is 0.300. The number of fused-ring (bicyclic) bond motifs is 1. The molecular formula is C20H21O9+. The quantitative estimate of drug-likeness (QED) is 0.406. The molecule has 5 atom stereocenters. The molecule has 2 aromatic carbocycles. The van der Waals surface area contributed by atoms with Gasteiger partial charge in [0, 0.05) is 12.1 Å². The van der Waals surface area contributed by atoms with Crippen LogP contribution in [0.3, 0.4) is 0 Å². The van der Waals surface area contributed by atoms with E-state index in [2.05, 4.69) is 4.74 Å². The number of ether oxygens (including phenoxy) is 3. The molecule has 29 heavy (non-hydrogen) atoms. The molecule has 0 amide bonds. The number of phenols is 3. The lowest BCUT2D eigenvalue weighted by atomic mass is 10.0. The van der Waals surface area contributed by atoms with Gasteiger partial charge in [-0.05, 0) is 24.3 Å². The summed E-state index contributed by atoms with van der Waals surface area (Å²) < 4.78 is 15.6. The summed E-state index contributed by atoms with van der Waals surface area (Å²) in [7, 11) is 0. The normalized spacial score (nSPS) is 28.8. The number of aliphatic hydroxyl groups is 4. The van der Waals surface area contributed by atoms with Gasteiger partial charge in [0.25, 0.3) is 11.9 Å². The van der Waals surface area contributed by atoms with Crippen molar-refractivity contribution in [2.75, 3.05) is 6.61 Å². The molecule has 0 saturated carbocycles. The summed E-state index contributed by atoms with van der Waals surface area (Å²) in [5.74, 6) is 0.227. The third-order valence-corrected chi connectivity index (χ3v) is 4.86. The van der Waals surface area contributed by atoms with Gasteiger partial charge in [-0.2, -0.15) is 0 Å². The Labute approximate surface area is 165 Å². The van der Waals surface area contributed by atoms with Crippen molar-refractivity contribution in [3.63, 3.8) is 0 Å². The molecule has 1 unspecified atom stereocenters. The van der Waals surface area contributed by atoms with Gasteiger partial charge >= 0.3 is 0 Å². The van der Waals surface area contributed by atoms with Gasteiger partial charge in [0.15, 0.2) is 5.76 Å². The maximum Gasteiger partial charge on any atom is 0.270 e. The number of hydrogen-bond acceptors (Lipinski definition) is 8. The predicted molar refractivity (Wildman–Crippen MR) is 99.1 cm³/mol. The minimum Gasteiger partial charge on any atom is -0.571 e. The van der Waals surface area contributed by atoms with E-state index in [1.165, 1.54) is 24.3 Å². The summed E-state index contributed by atoms with van der Waals surface area (Å²) in [6.07, 6.45) is -4.69. The molecule has 7 N–H and O–H groups in total. The molecule has 2 heterocycles. The predicted octanol–water partition coefficient (Wildman–Crippen LogP) is 0.596. The lowest BCUT2D eigenvalue weighted by Crippen LogP contribution is -2.53. The minimum absolute atomic E-state index is 0.0647. The Hall–Kier alpha value is -2.98. The molecule has 0 aliphatic carbocycles. The number of hydrogen-bond donors (Lipinski definition) is 6. The smallest absolute Gasteiger partial charge is 0.270 e. The Morgan fingerprint density at radius 2 is 1.66 bits per heavy atom. The van der Waals surface area contributed by atoms with Crippen LogP contribution in [0.5, 0.6) is 23.0 Å². The van der Waals surface area contributed by atoms with E-state index >= 15 is 0 Å². The molecule has 1 saturated heterocycles. The molecule has 154 valence electrons. The van der Waals surface area contributed by atoms with Crippen molar-refractivity contribution in [2.24, 2.45) is 0 Å². The Balaban J connectivity index is 1.71. The van der Waals surface area contributed by atoms with Crippen LogP contribution >= 0.6 is 0 Å². The van der Waals surface area contributed by atoms with Crippen LogP contribution in [0.25, 0.3) is 6.08 Å². The van der Waals surface area contributed by atoms with Crippen LogP contribution in [-0.2, 0) is 9.47 Å². The summed E-state index contributed by atoms with van der Waals surface area (Å²) in [5, 5.41) is 59.2. The van der Waals surface area contributed by atoms with Gasteiger partial charge in [-0.3, -0.25) is 0 Å². The average molecular weight is 405 g/mol. The standard InChI is InChI=1S/C20H20O9/c21-10-3-1-9(2-4-10)19-16(29-20-18(26)17(25)14(24)8-27-20)7-12-13(23)5-11(22)6-15(12)28-19/h1-7,14,17-26H,8H2/p+1/t14-,17+,18-,19?,20+/m1/s1. The summed E-state index contributed by atoms with van der Waals surface area (Å²) in [5.41, 5.74) is 0.937. The highest BCUT2D eigenvalue weighted by Crippen LogP contribution is 2.45. The molecule has 2 aromatic rings. The first-order valence-electron chi connectivity index (χ1n) is 8.93. The van der Waals surface area contributed by atoms with Crippen molar-refractivity contribution >= 4 is 6.08 Å². The van der Waals surface area contributed by atoms with Gasteiger partial charge in [-0.25, -0.2) is 0 Å². The number of rotatable bonds is 3. The summed E-state index contributed by atoms with van der Waals surface area (Å²) in [4.78, 5) is 0. The average Bonchev–Trinajstić information content (AvgIpc) is 2.69. The van der Waals surface area contributed by atoms with Gasteiger partial charge in [-0.1, -0.05) is 0 Å². The van der Waals surface area contributed by atoms with Crippen LogP contribution in [-0.4, -0.2) is 66.6 Å². The third-order valence-electron chi connectivity index (χ3n) is 4.86. The Bertz CT molecular complexity index is 924. The van der Waals surface area contributed by atoms with Crippen molar-refractivity contribution in [3.05, 3.63) is 53.3 Å². The summed E-state index contributed by atoms with van der Waals surface area (Å²) >= 11 is 0. The SMILES string of the molecule is Oc1ccc(C2[OH+]c3cc(O)cc(O)c3C=C2O[C@@H]2OC[C@@H](O)[C@H](O)[C@H]2O)cc1. The van der Waals surface area contributed by atoms with Crippen molar-refractivity contribution in [1.29, 1.82) is 0 Å². The zero-order valence-corrected chi connectivity index (χ0v) is 15.1. The van der Waals surface area contributed by atoms with Gasteiger partial charge in [0.05, 0.1) is 18.2 Å². The molecule has 1 fully saturated rings. The molecule has 9 heteroatoms. The second-order valence-corrected chi connectivity index (χ2v) is 6.94. The van der Waals surface area contributed by atoms with E-state index in [0.29, 0.717) is 16.9 Å². The van der Waals surface area contributed by atoms with Gasteiger partial charge in [-0.15, -0.1) is 0 Å². The van der Waals surface area contributed by atoms with Crippen LogP contribution in [0.4, 0.5) is 0 Å². The van der Waals surface area contributed by atoms with E-state index in [1.807, 2.05) is 0 Å². The van der Waals surface area contributed by atoms with E-state index in [1.54, 1.807) is 12.1 Å². The molecule has 9 nitrogen and oxygen atoms in total. The van der Waals surface area contributed by atoms with Crippen LogP contribution in [0.15, 0.2) is 42.2 Å². The highest BCUT2D eigenvalue weighted by atomic mass is 16.7. The van der Waals surface area contributed by atoms with Crippen molar-refractivity contribution in [1.82, 2.24) is 0 Å². The van der Waals surface area contributed by atoms with E-state index in [9.17, 15) is 30.6 Å². The summed E-state index contributed by atoms with van der Waals surface area (Å²) in [6.45, 7) is -0.229. The lowest BCUT2D eigenvalue weighted by molar-refractivity contribution is -0.263. The summed E-state index contributed by atoms with van der Waals surface area (Å²) in [6, 6.07) is 8.77. The molecule has 0 bridgehead atoms. The van der Waals surface area contributed by atoms with Crippen LogP contribution in [0.1, 0.15) is 17.2 Å². The van der Waals surface area contributed by atoms with Crippen LogP contribution in [0, 0.1) is 0 Å². The second kappa shape index (κ2) is 7.45. The molecule has 0 aromatic heterocycles. The van der Waals surface area contributed by atoms with E-state index < -0.39 is 30.7 Å². The fourth-order valence-electron chi connectivity index (χ4n) is 3.30. The monoisotopic (exact) mass is 405 g/mol. The number of aliphatic hydroxyl groups excluding tert-OH is 3. The minimum atomic E-state index is -1.50. The molecule has 0 radical (unpaired) electrons. The first-order chi connectivity index (χ1) is 13.8. The Morgan fingerprint density at radius 3 is 2.38 bits per heavy atom. The third kappa shape index (κ3) is 3.68. The first-order valence-corrected chi connectivity index (χ1v) is 8.93. The number of benzene rings is 2. The zero-order chi connectivity index (χ0) is 20.7. The topological polar surface area (TPSA) is 153 Å². The number of aromatic hydroxyl groups is 4. The molecular weight excluding hydrogens is 384 g/mol. The van der Waals surface area contributed by atoms with Gasteiger partial charge < -0.3 is 44.8 Å². The number of phenolic OH excluding ortho intramolecular Hbond substituents is 3. The fourth-order valence-corrected chi connectivity index (χ4v) is 3.30. The maximum absolute atomic E-state index is 10.2.